The number of H-pyrrole nitrogens is 1. The van der Waals surface area contributed by atoms with Crippen molar-refractivity contribution in [2.45, 2.75) is 50.9 Å². The average Bonchev–Trinajstić information content (AvgIpc) is 3.35. The van der Waals surface area contributed by atoms with Crippen LogP contribution >= 0.6 is 9.03 Å². The highest BCUT2D eigenvalue weighted by atomic mass is 31.1. The summed E-state index contributed by atoms with van der Waals surface area (Å²) >= 11 is 0. The predicted octanol–water partition coefficient (Wildman–Crippen LogP) is 2.92. The van der Waals surface area contributed by atoms with Crippen LogP contribution < -0.4 is 26.0 Å². The van der Waals surface area contributed by atoms with Crippen molar-refractivity contribution in [3.05, 3.63) is 52.8 Å². The SMILES string of the molecule is CC(C)(O)OC1(C)C[C@@H](COPOc2cccc3ccccc23)O[C@H]1N1CNc2c1nc(N)[nH]c2=O. The van der Waals surface area contributed by atoms with E-state index in [4.69, 9.17) is 24.3 Å². The normalized spacial score (nSPS) is 23.9. The van der Waals surface area contributed by atoms with Crippen molar-refractivity contribution in [3.8, 4) is 5.75 Å². The molecular formula is C24H30N5O6P. The van der Waals surface area contributed by atoms with Crippen molar-refractivity contribution in [1.82, 2.24) is 9.97 Å². The van der Waals surface area contributed by atoms with Gasteiger partial charge in [0.25, 0.3) is 5.56 Å². The lowest BCUT2D eigenvalue weighted by Gasteiger charge is -2.39. The number of nitrogens with two attached hydrogens (primary N) is 1. The molecule has 0 amide bonds. The molecular weight excluding hydrogens is 485 g/mol. The number of hydrogen-bond donors (Lipinski definition) is 4. The molecule has 12 heteroatoms. The number of nitrogen functional groups attached to an aromatic ring is 1. The van der Waals surface area contributed by atoms with Crippen LogP contribution in [0.15, 0.2) is 47.3 Å². The number of ether oxygens (including phenoxy) is 2. The lowest BCUT2D eigenvalue weighted by molar-refractivity contribution is -0.251. The summed E-state index contributed by atoms with van der Waals surface area (Å²) in [6.45, 7) is 5.51. The highest BCUT2D eigenvalue weighted by Crippen LogP contribution is 2.42. The van der Waals surface area contributed by atoms with Gasteiger partial charge in [-0.3, -0.25) is 9.78 Å². The zero-order valence-corrected chi connectivity index (χ0v) is 21.3. The maximum absolute atomic E-state index is 12.3. The number of anilines is 3. The number of hydrogen-bond acceptors (Lipinski definition) is 10. The third-order valence-electron chi connectivity index (χ3n) is 6.09. The second-order valence-electron chi connectivity index (χ2n) is 9.60. The standard InChI is InChI=1S/C24H30N5O6P/c1-23(2,31)35-24(3)11-15(12-32-36-34-17-10-6-8-14-7-4-5-9-16(14)17)33-21(24)29-13-26-18-19(29)27-22(25)28-20(18)30/h4-10,15,21,26,31,36H,11-13H2,1-3H3,(H3,25,27,28,30)/t15-,21+,24?/m0/s1. The third-order valence-corrected chi connectivity index (χ3v) is 6.68. The molecule has 36 heavy (non-hydrogen) atoms. The van der Waals surface area contributed by atoms with Gasteiger partial charge >= 0.3 is 0 Å². The van der Waals surface area contributed by atoms with Gasteiger partial charge in [0, 0.05) is 11.8 Å². The maximum atomic E-state index is 12.3. The van der Waals surface area contributed by atoms with Crippen molar-refractivity contribution >= 4 is 37.3 Å². The van der Waals surface area contributed by atoms with Crippen LogP contribution in [0.3, 0.4) is 0 Å². The Morgan fingerprint density at radius 2 is 2.08 bits per heavy atom. The molecule has 0 aliphatic carbocycles. The van der Waals surface area contributed by atoms with Crippen LogP contribution in [0, 0.1) is 0 Å². The van der Waals surface area contributed by atoms with Gasteiger partial charge in [-0.2, -0.15) is 4.98 Å². The summed E-state index contributed by atoms with van der Waals surface area (Å²) in [5.74, 6) is -0.292. The number of aromatic nitrogens is 2. The van der Waals surface area contributed by atoms with E-state index in [0.29, 0.717) is 17.9 Å². The highest BCUT2D eigenvalue weighted by Gasteiger charge is 2.53. The molecule has 2 aliphatic rings. The number of benzene rings is 2. The number of fused-ring (bicyclic) bond motifs is 2. The van der Waals surface area contributed by atoms with Gasteiger partial charge in [-0.15, -0.1) is 0 Å². The Morgan fingerprint density at radius 1 is 1.31 bits per heavy atom. The molecule has 5 rings (SSSR count). The fourth-order valence-corrected chi connectivity index (χ4v) is 5.44. The van der Waals surface area contributed by atoms with Crippen LogP contribution in [-0.2, 0) is 14.0 Å². The maximum Gasteiger partial charge on any atom is 0.277 e. The van der Waals surface area contributed by atoms with Crippen molar-refractivity contribution < 1.29 is 23.6 Å². The third kappa shape index (κ3) is 4.98. The number of rotatable bonds is 8. The van der Waals surface area contributed by atoms with E-state index in [1.165, 1.54) is 0 Å². The van der Waals surface area contributed by atoms with E-state index < -0.39 is 17.6 Å². The topological polar surface area (TPSA) is 144 Å². The van der Waals surface area contributed by atoms with Gasteiger partial charge in [-0.1, -0.05) is 36.4 Å². The lowest BCUT2D eigenvalue weighted by Crippen LogP contribution is -2.53. The summed E-state index contributed by atoms with van der Waals surface area (Å²) in [4.78, 5) is 20.9. The number of nitrogens with zero attached hydrogens (tertiary/aromatic N) is 2. The Hall–Kier alpha value is -2.95. The van der Waals surface area contributed by atoms with Crippen LogP contribution in [0.25, 0.3) is 10.8 Å². The monoisotopic (exact) mass is 515 g/mol. The first kappa shape index (κ1) is 24.7. The molecule has 3 aromatic rings. The summed E-state index contributed by atoms with van der Waals surface area (Å²) in [5, 5.41) is 15.6. The second-order valence-corrected chi connectivity index (χ2v) is 10.3. The molecule has 1 saturated heterocycles. The molecule has 2 aromatic carbocycles. The Kier molecular flexibility index (Phi) is 6.52. The van der Waals surface area contributed by atoms with Crippen molar-refractivity contribution in [1.29, 1.82) is 0 Å². The Labute approximate surface area is 209 Å². The first-order valence-electron chi connectivity index (χ1n) is 11.6. The summed E-state index contributed by atoms with van der Waals surface area (Å²) < 4.78 is 24.2. The van der Waals surface area contributed by atoms with Crippen LogP contribution in [0.1, 0.15) is 27.2 Å². The van der Waals surface area contributed by atoms with Crippen molar-refractivity contribution in [2.24, 2.45) is 0 Å². The van der Waals surface area contributed by atoms with Crippen molar-refractivity contribution in [2.75, 3.05) is 29.2 Å². The zero-order valence-electron chi connectivity index (χ0n) is 20.3. The van der Waals surface area contributed by atoms with E-state index in [9.17, 15) is 9.90 Å². The van der Waals surface area contributed by atoms with Gasteiger partial charge in [0.2, 0.25) is 15.0 Å². The van der Waals surface area contributed by atoms with E-state index in [-0.39, 0.29) is 39.9 Å². The summed E-state index contributed by atoms with van der Waals surface area (Å²) in [7, 11) is -0.233. The smallest absolute Gasteiger partial charge is 0.277 e. The van der Waals surface area contributed by atoms with Gasteiger partial charge in [0.05, 0.1) is 19.4 Å². The number of nitrogens with one attached hydrogen (secondary N) is 2. The van der Waals surface area contributed by atoms with Gasteiger partial charge in [-0.05, 0) is 32.2 Å². The molecule has 1 fully saturated rings. The lowest BCUT2D eigenvalue weighted by atomic mass is 9.98. The molecule has 1 aromatic heterocycles. The molecule has 2 aliphatic heterocycles. The molecule has 4 atom stereocenters. The Balaban J connectivity index is 1.28. The first-order chi connectivity index (χ1) is 17.1. The minimum atomic E-state index is -1.41. The van der Waals surface area contributed by atoms with Crippen molar-refractivity contribution in [3.63, 3.8) is 0 Å². The van der Waals surface area contributed by atoms with E-state index in [2.05, 4.69) is 15.3 Å². The molecule has 2 unspecified atom stereocenters. The largest absolute Gasteiger partial charge is 0.449 e. The Morgan fingerprint density at radius 3 is 2.89 bits per heavy atom. The molecule has 192 valence electrons. The Bertz CT molecular complexity index is 1310. The summed E-state index contributed by atoms with van der Waals surface area (Å²) in [6.07, 6.45) is -0.582. The number of aromatic amines is 1. The molecule has 3 heterocycles. The fraction of sp³-hybridized carbons (Fsp3) is 0.417. The highest BCUT2D eigenvalue weighted by molar-refractivity contribution is 7.26. The van der Waals surface area contributed by atoms with Crippen LogP contribution in [0.4, 0.5) is 17.5 Å². The molecule has 11 nitrogen and oxygen atoms in total. The summed E-state index contributed by atoms with van der Waals surface area (Å²) in [5.41, 5.74) is 4.79. The average molecular weight is 516 g/mol. The van der Waals surface area contributed by atoms with Crippen LogP contribution in [0.5, 0.6) is 5.75 Å². The minimum Gasteiger partial charge on any atom is -0.449 e. The fourth-order valence-electron chi connectivity index (χ4n) is 4.86. The molecule has 0 radical (unpaired) electrons. The van der Waals surface area contributed by atoms with E-state index in [1.807, 2.05) is 49.4 Å². The van der Waals surface area contributed by atoms with Gasteiger partial charge in [0.15, 0.2) is 17.8 Å². The predicted molar refractivity (Wildman–Crippen MR) is 138 cm³/mol. The minimum absolute atomic E-state index is 0.00206. The quantitative estimate of drug-likeness (QED) is 0.201. The first-order valence-corrected chi connectivity index (χ1v) is 12.4. The van der Waals surface area contributed by atoms with Gasteiger partial charge < -0.3 is 39.6 Å². The van der Waals surface area contributed by atoms with Gasteiger partial charge in [-0.25, -0.2) is 0 Å². The van der Waals surface area contributed by atoms with E-state index in [1.54, 1.807) is 18.7 Å². The van der Waals surface area contributed by atoms with E-state index in [0.717, 1.165) is 16.5 Å². The molecule has 0 saturated carbocycles. The molecule has 0 spiro atoms. The summed E-state index contributed by atoms with van der Waals surface area (Å²) in [6, 6.07) is 13.9. The van der Waals surface area contributed by atoms with Gasteiger partial charge in [0.1, 0.15) is 17.0 Å². The van der Waals surface area contributed by atoms with Crippen LogP contribution in [0.2, 0.25) is 0 Å². The second kappa shape index (κ2) is 9.49. The van der Waals surface area contributed by atoms with Crippen LogP contribution in [-0.4, -0.2) is 52.1 Å². The molecule has 0 bridgehead atoms. The van der Waals surface area contributed by atoms with E-state index >= 15 is 0 Å². The number of aliphatic hydroxyl groups is 1. The zero-order chi connectivity index (χ0) is 25.5. The molecule has 5 N–H and O–H groups in total.